The normalized spacial score (nSPS) is 15.8. The minimum absolute atomic E-state index is 0.0772. The van der Waals surface area contributed by atoms with E-state index in [4.69, 9.17) is 0 Å². The van der Waals surface area contributed by atoms with Crippen molar-refractivity contribution in [1.82, 2.24) is 10.3 Å². The second kappa shape index (κ2) is 10.2. The lowest BCUT2D eigenvalue weighted by Crippen LogP contribution is -2.34. The van der Waals surface area contributed by atoms with E-state index in [0.29, 0.717) is 10.8 Å². The van der Waals surface area contributed by atoms with Gasteiger partial charge in [0.2, 0.25) is 11.8 Å². The molecule has 0 bridgehead atoms. The summed E-state index contributed by atoms with van der Waals surface area (Å²) in [4.78, 5) is 30.5. The van der Waals surface area contributed by atoms with Gasteiger partial charge >= 0.3 is 0 Å². The van der Waals surface area contributed by atoms with Crippen molar-refractivity contribution in [3.63, 3.8) is 0 Å². The van der Waals surface area contributed by atoms with Gasteiger partial charge in [-0.2, -0.15) is 0 Å². The Kier molecular flexibility index (Phi) is 7.37. The topological polar surface area (TPSA) is 62.3 Å². The van der Waals surface area contributed by atoms with Crippen LogP contribution in [-0.4, -0.2) is 22.8 Å². The molecular formula is C22H27N3O2S. The Hall–Kier alpha value is -2.47. The molecule has 2 amide bonds. The lowest BCUT2D eigenvalue weighted by Gasteiger charge is -2.20. The smallest absolute Gasteiger partial charge is 0.244 e. The summed E-state index contributed by atoms with van der Waals surface area (Å²) in [6.45, 7) is 1.52. The molecule has 1 saturated carbocycles. The summed E-state index contributed by atoms with van der Waals surface area (Å²) in [6, 6.07) is 9.71. The molecule has 1 aromatic carbocycles. The van der Waals surface area contributed by atoms with Crippen molar-refractivity contribution < 1.29 is 9.59 Å². The maximum atomic E-state index is 12.3. The molecule has 1 aliphatic rings. The van der Waals surface area contributed by atoms with Gasteiger partial charge in [0, 0.05) is 24.4 Å². The Labute approximate surface area is 170 Å². The number of amides is 2. The minimum atomic E-state index is -0.0990. The molecule has 1 aliphatic carbocycles. The van der Waals surface area contributed by atoms with Gasteiger partial charge in [0.1, 0.15) is 0 Å². The van der Waals surface area contributed by atoms with E-state index in [1.54, 1.807) is 11.0 Å². The maximum Gasteiger partial charge on any atom is 0.244 e. The van der Waals surface area contributed by atoms with E-state index in [0.717, 1.165) is 18.5 Å². The van der Waals surface area contributed by atoms with Crippen LogP contribution in [0.25, 0.3) is 6.08 Å². The molecule has 0 aliphatic heterocycles. The Morgan fingerprint density at radius 1 is 1.11 bits per heavy atom. The highest BCUT2D eigenvalue weighted by Gasteiger charge is 2.17. The van der Waals surface area contributed by atoms with Gasteiger partial charge in [-0.1, -0.05) is 50.3 Å². The quantitative estimate of drug-likeness (QED) is 0.717. The van der Waals surface area contributed by atoms with Crippen molar-refractivity contribution in [3.8, 4) is 0 Å². The van der Waals surface area contributed by atoms with E-state index in [-0.39, 0.29) is 17.9 Å². The summed E-state index contributed by atoms with van der Waals surface area (Å²) in [7, 11) is 0. The number of thiazole rings is 1. The number of aromatic nitrogens is 1. The predicted molar refractivity (Wildman–Crippen MR) is 115 cm³/mol. The fourth-order valence-electron chi connectivity index (χ4n) is 3.47. The van der Waals surface area contributed by atoms with E-state index in [1.807, 2.05) is 35.7 Å². The number of nitrogens with zero attached hydrogens (tertiary/aromatic N) is 2. The molecule has 148 valence electrons. The molecule has 0 unspecified atom stereocenters. The number of anilines is 2. The van der Waals surface area contributed by atoms with Crippen molar-refractivity contribution in [1.29, 1.82) is 0 Å². The summed E-state index contributed by atoms with van der Waals surface area (Å²) >= 11 is 1.38. The molecule has 3 rings (SSSR count). The highest BCUT2D eigenvalue weighted by molar-refractivity contribution is 7.14. The average Bonchev–Trinajstić information content (AvgIpc) is 3.11. The number of carbonyl (C=O) groups is 2. The van der Waals surface area contributed by atoms with Crippen molar-refractivity contribution in [3.05, 3.63) is 47.5 Å². The summed E-state index contributed by atoms with van der Waals surface area (Å²) in [6.07, 6.45) is 11.6. The number of carbonyl (C=O) groups excluding carboxylic acids is 2. The van der Waals surface area contributed by atoms with E-state index >= 15 is 0 Å². The van der Waals surface area contributed by atoms with Gasteiger partial charge in [-0.3, -0.25) is 14.5 Å². The molecule has 0 radical (unpaired) electrons. The summed E-state index contributed by atoms with van der Waals surface area (Å²) < 4.78 is 0. The number of para-hydroxylation sites is 1. The highest BCUT2D eigenvalue weighted by atomic mass is 32.1. The van der Waals surface area contributed by atoms with Gasteiger partial charge in [-0.15, -0.1) is 11.3 Å². The van der Waals surface area contributed by atoms with Crippen LogP contribution < -0.4 is 10.2 Å². The number of hydrogen-bond donors (Lipinski definition) is 1. The van der Waals surface area contributed by atoms with Crippen LogP contribution in [0, 0.1) is 0 Å². The van der Waals surface area contributed by atoms with Crippen LogP contribution in [0.5, 0.6) is 0 Å². The Morgan fingerprint density at radius 2 is 1.79 bits per heavy atom. The Morgan fingerprint density at radius 3 is 2.46 bits per heavy atom. The number of rotatable bonds is 5. The van der Waals surface area contributed by atoms with Gasteiger partial charge in [0.15, 0.2) is 5.13 Å². The number of benzene rings is 1. The summed E-state index contributed by atoms with van der Waals surface area (Å²) in [5.41, 5.74) is 1.46. The van der Waals surface area contributed by atoms with Gasteiger partial charge in [-0.25, -0.2) is 4.98 Å². The molecule has 1 N–H and O–H groups in total. The third-order valence-electron chi connectivity index (χ3n) is 4.89. The number of nitrogens with one attached hydrogen (secondary N) is 1. The third-order valence-corrected chi connectivity index (χ3v) is 5.73. The van der Waals surface area contributed by atoms with Crippen LogP contribution in [-0.2, 0) is 9.59 Å². The zero-order valence-electron chi connectivity index (χ0n) is 16.3. The zero-order valence-corrected chi connectivity index (χ0v) is 17.1. The van der Waals surface area contributed by atoms with Gasteiger partial charge in [-0.05, 0) is 31.1 Å². The molecule has 6 heteroatoms. The fourth-order valence-corrected chi connectivity index (χ4v) is 4.33. The van der Waals surface area contributed by atoms with E-state index in [1.165, 1.54) is 56.4 Å². The minimum Gasteiger partial charge on any atom is -0.350 e. The first-order chi connectivity index (χ1) is 13.6. The summed E-state index contributed by atoms with van der Waals surface area (Å²) in [5, 5.41) is 5.57. The van der Waals surface area contributed by atoms with Gasteiger partial charge < -0.3 is 5.32 Å². The van der Waals surface area contributed by atoms with Crippen LogP contribution in [0.1, 0.15) is 57.6 Å². The third kappa shape index (κ3) is 5.76. The lowest BCUT2D eigenvalue weighted by molar-refractivity contribution is -0.117. The molecule has 1 heterocycles. The lowest BCUT2D eigenvalue weighted by atomic mass is 9.97. The molecule has 2 aromatic rings. The van der Waals surface area contributed by atoms with Gasteiger partial charge in [0.05, 0.1) is 11.4 Å². The SMILES string of the molecule is CC(=O)N(c1ccccc1)c1nc(/C=C/C(=O)NC2CCCCCCC2)cs1. The maximum absolute atomic E-state index is 12.3. The molecule has 0 atom stereocenters. The van der Waals surface area contributed by atoms with Crippen molar-refractivity contribution in [2.45, 2.75) is 57.9 Å². The molecule has 1 fully saturated rings. The average molecular weight is 398 g/mol. The molecule has 0 spiro atoms. The first-order valence-corrected chi connectivity index (χ1v) is 10.8. The Balaban J connectivity index is 1.62. The largest absolute Gasteiger partial charge is 0.350 e. The monoisotopic (exact) mass is 397 g/mol. The van der Waals surface area contributed by atoms with Crippen LogP contribution in [0.3, 0.4) is 0 Å². The number of hydrogen-bond acceptors (Lipinski definition) is 4. The van der Waals surface area contributed by atoms with E-state index in [9.17, 15) is 9.59 Å². The second-order valence-electron chi connectivity index (χ2n) is 7.13. The predicted octanol–water partition coefficient (Wildman–Crippen LogP) is 5.07. The molecule has 1 aromatic heterocycles. The highest BCUT2D eigenvalue weighted by Crippen LogP contribution is 2.29. The van der Waals surface area contributed by atoms with Crippen molar-refractivity contribution >= 4 is 40.0 Å². The van der Waals surface area contributed by atoms with Crippen LogP contribution >= 0.6 is 11.3 Å². The van der Waals surface area contributed by atoms with Gasteiger partial charge in [0.25, 0.3) is 0 Å². The first-order valence-electron chi connectivity index (χ1n) is 9.93. The van der Waals surface area contributed by atoms with Crippen molar-refractivity contribution in [2.24, 2.45) is 0 Å². The van der Waals surface area contributed by atoms with Crippen LogP contribution in [0.2, 0.25) is 0 Å². The summed E-state index contributed by atoms with van der Waals surface area (Å²) in [5.74, 6) is -0.176. The molecule has 5 nitrogen and oxygen atoms in total. The van der Waals surface area contributed by atoms with Crippen molar-refractivity contribution in [2.75, 3.05) is 4.90 Å². The van der Waals surface area contributed by atoms with E-state index in [2.05, 4.69) is 10.3 Å². The molecule has 28 heavy (non-hydrogen) atoms. The molecule has 0 saturated heterocycles. The fraction of sp³-hybridized carbons (Fsp3) is 0.409. The van der Waals surface area contributed by atoms with Crippen LogP contribution in [0.15, 0.2) is 41.8 Å². The van der Waals surface area contributed by atoms with Crippen LogP contribution in [0.4, 0.5) is 10.8 Å². The zero-order chi connectivity index (χ0) is 19.8. The Bertz CT molecular complexity index is 808. The first kappa shape index (κ1) is 20.3. The molecular weight excluding hydrogens is 370 g/mol. The van der Waals surface area contributed by atoms with E-state index < -0.39 is 0 Å². The second-order valence-corrected chi connectivity index (χ2v) is 7.97. The standard InChI is InChI=1S/C22H27N3O2S/c1-17(26)25(20-12-8-5-9-13-20)22-24-19(16-28-22)14-15-21(27)23-18-10-6-3-2-4-7-11-18/h5,8-9,12-16,18H,2-4,6-7,10-11H2,1H3,(H,23,27)/b15-14+.